The van der Waals surface area contributed by atoms with Crippen molar-refractivity contribution in [3.63, 3.8) is 0 Å². The molecule has 2 rings (SSSR count). The van der Waals surface area contributed by atoms with Crippen LogP contribution in [0, 0.1) is 0 Å². The Hall–Kier alpha value is -0.450. The van der Waals surface area contributed by atoms with Gasteiger partial charge >= 0.3 is 0 Å². The maximum absolute atomic E-state index is 4.14. The van der Waals surface area contributed by atoms with Crippen molar-refractivity contribution in [3.8, 4) is 0 Å². The molecule has 0 aromatic carbocycles. The smallest absolute Gasteiger partial charge is 0.0794 e. The van der Waals surface area contributed by atoms with E-state index in [4.69, 9.17) is 0 Å². The molecule has 78 valence electrons. The van der Waals surface area contributed by atoms with Gasteiger partial charge in [0.1, 0.15) is 0 Å². The summed E-state index contributed by atoms with van der Waals surface area (Å²) in [5.41, 5.74) is 1.92. The molecule has 1 aliphatic rings. The molecule has 1 saturated heterocycles. The molecule has 1 atom stereocenters. The molecule has 0 bridgehead atoms. The quantitative estimate of drug-likeness (QED) is 0.818. The third-order valence-corrected chi connectivity index (χ3v) is 3.90. The van der Waals surface area contributed by atoms with Crippen molar-refractivity contribution in [2.75, 3.05) is 19.6 Å². The van der Waals surface area contributed by atoms with Gasteiger partial charge in [-0.05, 0) is 13.5 Å². The van der Waals surface area contributed by atoms with Crippen molar-refractivity contribution in [3.05, 3.63) is 16.6 Å². The van der Waals surface area contributed by atoms with Crippen LogP contribution in [0.3, 0.4) is 0 Å². The van der Waals surface area contributed by atoms with Gasteiger partial charge in [-0.2, -0.15) is 0 Å². The number of hydrogen-bond acceptors (Lipinski definition) is 4. The van der Waals surface area contributed by atoms with Gasteiger partial charge in [0.25, 0.3) is 0 Å². The van der Waals surface area contributed by atoms with Crippen LogP contribution in [0.5, 0.6) is 0 Å². The van der Waals surface area contributed by atoms with Crippen LogP contribution in [0.25, 0.3) is 0 Å². The van der Waals surface area contributed by atoms with E-state index in [0.717, 1.165) is 25.7 Å². The van der Waals surface area contributed by atoms with Gasteiger partial charge in [-0.25, -0.2) is 0 Å². The van der Waals surface area contributed by atoms with E-state index in [1.165, 1.54) is 4.88 Å². The second kappa shape index (κ2) is 4.38. The monoisotopic (exact) mass is 211 g/mol. The number of thiazole rings is 1. The predicted molar refractivity (Wildman–Crippen MR) is 59.6 cm³/mol. The molecule has 4 heteroatoms. The molecular formula is C10H17N3S. The van der Waals surface area contributed by atoms with Crippen molar-refractivity contribution in [2.24, 2.45) is 0 Å². The van der Waals surface area contributed by atoms with E-state index >= 15 is 0 Å². The van der Waals surface area contributed by atoms with Crippen LogP contribution in [-0.2, 0) is 0 Å². The Kier molecular flexibility index (Phi) is 3.15. The number of aromatic nitrogens is 1. The first-order chi connectivity index (χ1) is 6.83. The van der Waals surface area contributed by atoms with Crippen LogP contribution in [0.1, 0.15) is 24.8 Å². The molecule has 1 unspecified atom stereocenters. The Balaban J connectivity index is 2.03. The summed E-state index contributed by atoms with van der Waals surface area (Å²) < 4.78 is 0. The van der Waals surface area contributed by atoms with Crippen LogP contribution < -0.4 is 5.32 Å². The first kappa shape index (κ1) is 10.1. The maximum Gasteiger partial charge on any atom is 0.0794 e. The normalized spacial score (nSPS) is 19.6. The fourth-order valence-corrected chi connectivity index (χ4v) is 2.65. The third kappa shape index (κ3) is 1.82. The summed E-state index contributed by atoms with van der Waals surface area (Å²) in [7, 11) is 0. The summed E-state index contributed by atoms with van der Waals surface area (Å²) in [5, 5.41) is 3.32. The fraction of sp³-hybridized carbons (Fsp3) is 0.700. The van der Waals surface area contributed by atoms with Crippen LogP contribution in [0.2, 0.25) is 0 Å². The van der Waals surface area contributed by atoms with E-state index in [1.807, 2.05) is 11.7 Å². The Morgan fingerprint density at radius 2 is 2.50 bits per heavy atom. The molecule has 1 aromatic heterocycles. The Morgan fingerprint density at radius 3 is 2.93 bits per heavy atom. The lowest BCUT2D eigenvalue weighted by Crippen LogP contribution is -2.57. The molecule has 0 spiro atoms. The second-order valence-corrected chi connectivity index (χ2v) is 4.64. The number of hydrogen-bond donors (Lipinski definition) is 1. The van der Waals surface area contributed by atoms with E-state index in [-0.39, 0.29) is 0 Å². The minimum atomic E-state index is 0.514. The Bertz CT molecular complexity index is 269. The Morgan fingerprint density at radius 1 is 1.71 bits per heavy atom. The Labute approximate surface area is 89.1 Å². The number of likely N-dealkylation sites (N-methyl/N-ethyl adjacent to an activating group) is 1. The first-order valence-electron chi connectivity index (χ1n) is 5.17. The lowest BCUT2D eigenvalue weighted by Gasteiger charge is -2.40. The number of nitrogens with one attached hydrogen (secondary N) is 1. The minimum Gasteiger partial charge on any atom is -0.314 e. The lowest BCUT2D eigenvalue weighted by molar-refractivity contribution is 0.111. The van der Waals surface area contributed by atoms with Gasteiger partial charge < -0.3 is 5.32 Å². The zero-order valence-corrected chi connectivity index (χ0v) is 9.55. The zero-order valence-electron chi connectivity index (χ0n) is 8.73. The van der Waals surface area contributed by atoms with Gasteiger partial charge in [0.05, 0.1) is 5.51 Å². The molecule has 14 heavy (non-hydrogen) atoms. The SMILES string of the molecule is CCN(C1CNC1)C(C)c1cncs1. The van der Waals surface area contributed by atoms with Crippen molar-refractivity contribution in [2.45, 2.75) is 25.9 Å². The topological polar surface area (TPSA) is 28.2 Å². The van der Waals surface area contributed by atoms with Crippen LogP contribution in [-0.4, -0.2) is 35.6 Å². The third-order valence-electron chi connectivity index (χ3n) is 2.95. The molecule has 1 aliphatic heterocycles. The molecule has 2 heterocycles. The van der Waals surface area contributed by atoms with Crippen LogP contribution in [0.15, 0.2) is 11.7 Å². The number of rotatable bonds is 4. The largest absolute Gasteiger partial charge is 0.314 e. The molecule has 0 radical (unpaired) electrons. The van der Waals surface area contributed by atoms with Crippen molar-refractivity contribution in [1.82, 2.24) is 15.2 Å². The molecule has 0 saturated carbocycles. The van der Waals surface area contributed by atoms with Crippen molar-refractivity contribution in [1.29, 1.82) is 0 Å². The summed E-state index contributed by atoms with van der Waals surface area (Å²) >= 11 is 1.75. The highest BCUT2D eigenvalue weighted by molar-refractivity contribution is 7.09. The van der Waals surface area contributed by atoms with Crippen LogP contribution >= 0.6 is 11.3 Å². The van der Waals surface area contributed by atoms with E-state index in [2.05, 4.69) is 29.0 Å². The average Bonchev–Trinajstić information content (AvgIpc) is 2.62. The van der Waals surface area contributed by atoms with Gasteiger partial charge in [-0.1, -0.05) is 6.92 Å². The van der Waals surface area contributed by atoms with Crippen molar-refractivity contribution >= 4 is 11.3 Å². The van der Waals surface area contributed by atoms with E-state index in [0.29, 0.717) is 6.04 Å². The van der Waals surface area contributed by atoms with Gasteiger partial charge in [0.15, 0.2) is 0 Å². The van der Waals surface area contributed by atoms with E-state index in [1.54, 1.807) is 11.3 Å². The molecule has 0 aliphatic carbocycles. The molecule has 0 amide bonds. The fourth-order valence-electron chi connectivity index (χ4n) is 1.95. The summed E-state index contributed by atoms with van der Waals surface area (Å²) in [5.74, 6) is 0. The molecule has 1 N–H and O–H groups in total. The molecule has 3 nitrogen and oxygen atoms in total. The summed E-state index contributed by atoms with van der Waals surface area (Å²) in [6.45, 7) is 7.89. The average molecular weight is 211 g/mol. The van der Waals surface area contributed by atoms with Gasteiger partial charge in [0, 0.05) is 36.2 Å². The highest BCUT2D eigenvalue weighted by atomic mass is 32.1. The first-order valence-corrected chi connectivity index (χ1v) is 6.05. The summed E-state index contributed by atoms with van der Waals surface area (Å²) in [4.78, 5) is 8.06. The molecule has 1 fully saturated rings. The summed E-state index contributed by atoms with van der Waals surface area (Å²) in [6.07, 6.45) is 1.99. The molecular weight excluding hydrogens is 194 g/mol. The van der Waals surface area contributed by atoms with Crippen molar-refractivity contribution < 1.29 is 0 Å². The van der Waals surface area contributed by atoms with Crippen LogP contribution in [0.4, 0.5) is 0 Å². The highest BCUT2D eigenvalue weighted by Crippen LogP contribution is 2.25. The van der Waals surface area contributed by atoms with Gasteiger partial charge in [0.2, 0.25) is 0 Å². The van der Waals surface area contributed by atoms with E-state index in [9.17, 15) is 0 Å². The minimum absolute atomic E-state index is 0.514. The summed E-state index contributed by atoms with van der Waals surface area (Å²) in [6, 6.07) is 1.23. The molecule has 1 aromatic rings. The lowest BCUT2D eigenvalue weighted by atomic mass is 10.1. The zero-order chi connectivity index (χ0) is 9.97. The highest BCUT2D eigenvalue weighted by Gasteiger charge is 2.28. The van der Waals surface area contributed by atoms with Gasteiger partial charge in [-0.3, -0.25) is 9.88 Å². The van der Waals surface area contributed by atoms with Gasteiger partial charge in [-0.15, -0.1) is 11.3 Å². The van der Waals surface area contributed by atoms with E-state index < -0.39 is 0 Å². The number of nitrogens with zero attached hydrogens (tertiary/aromatic N) is 2. The second-order valence-electron chi connectivity index (χ2n) is 3.72. The standard InChI is InChI=1S/C10H17N3S/c1-3-13(9-4-11-5-9)8(2)10-6-12-7-14-10/h6-9,11H,3-5H2,1-2H3. The predicted octanol–water partition coefficient (Wildman–Crippen LogP) is 1.50. The maximum atomic E-state index is 4.14.